The predicted molar refractivity (Wildman–Crippen MR) is 57.6 cm³/mol. The number of benzene rings is 1. The fourth-order valence-corrected chi connectivity index (χ4v) is 1.06. The normalized spacial score (nSPS) is 12.6. The highest BCUT2D eigenvalue weighted by molar-refractivity contribution is 5.48. The zero-order valence-corrected chi connectivity index (χ0v) is 8.81. The Labute approximate surface area is 92.0 Å². The van der Waals surface area contributed by atoms with Gasteiger partial charge >= 0.3 is 6.18 Å². The maximum Gasteiger partial charge on any atom is 0.416 e. The predicted octanol–water partition coefficient (Wildman–Crippen LogP) is 3.33. The number of nitrogens with one attached hydrogen (secondary N) is 1. The van der Waals surface area contributed by atoms with Gasteiger partial charge in [-0.25, -0.2) is 0 Å². The van der Waals surface area contributed by atoms with Gasteiger partial charge in [-0.15, -0.1) is 0 Å². The minimum Gasteiger partial charge on any atom is -0.401 e. The van der Waals surface area contributed by atoms with E-state index in [4.69, 9.17) is 5.73 Å². The van der Waals surface area contributed by atoms with Gasteiger partial charge in [-0.05, 0) is 24.6 Å². The maximum absolute atomic E-state index is 12.4. The Kier molecular flexibility index (Phi) is 3.82. The van der Waals surface area contributed by atoms with E-state index >= 15 is 0 Å². The molecule has 3 N–H and O–H groups in total. The molecule has 0 aliphatic heterocycles. The number of nitrogens with two attached hydrogens (primary N) is 1. The lowest BCUT2D eigenvalue weighted by molar-refractivity contribution is -0.137. The Bertz CT molecular complexity index is 383. The van der Waals surface area contributed by atoms with E-state index in [0.29, 0.717) is 17.8 Å². The number of hydrogen-bond donors (Lipinski definition) is 2. The molecule has 2 nitrogen and oxygen atoms in total. The van der Waals surface area contributed by atoms with Crippen LogP contribution in [0.5, 0.6) is 0 Å². The van der Waals surface area contributed by atoms with E-state index in [1.165, 1.54) is 12.3 Å². The molecule has 0 aromatic heterocycles. The molecular formula is C11H13F3N2. The van der Waals surface area contributed by atoms with Crippen molar-refractivity contribution in [2.75, 3.05) is 5.32 Å². The molecule has 0 aliphatic carbocycles. The lowest BCUT2D eigenvalue weighted by Crippen LogP contribution is -2.05. The van der Waals surface area contributed by atoms with Gasteiger partial charge in [0.15, 0.2) is 0 Å². The van der Waals surface area contributed by atoms with Gasteiger partial charge in [0.25, 0.3) is 0 Å². The summed E-state index contributed by atoms with van der Waals surface area (Å²) in [6, 6.07) is 4.97. The quantitative estimate of drug-likeness (QED) is 0.835. The minimum atomic E-state index is -4.32. The lowest BCUT2D eigenvalue weighted by atomic mass is 10.2. The topological polar surface area (TPSA) is 38.0 Å². The molecule has 88 valence electrons. The smallest absolute Gasteiger partial charge is 0.401 e. The van der Waals surface area contributed by atoms with E-state index in [9.17, 15) is 13.2 Å². The molecule has 0 bridgehead atoms. The molecule has 1 aromatic rings. The molecule has 1 aromatic carbocycles. The third-order valence-electron chi connectivity index (χ3n) is 2.02. The van der Waals surface area contributed by atoms with Crippen LogP contribution in [0.25, 0.3) is 0 Å². The van der Waals surface area contributed by atoms with E-state index in [-0.39, 0.29) is 0 Å². The molecule has 0 atom stereocenters. The summed E-state index contributed by atoms with van der Waals surface area (Å²) in [5.74, 6) is 0. The molecule has 0 heterocycles. The molecule has 16 heavy (non-hydrogen) atoms. The molecule has 0 saturated carbocycles. The molecule has 0 radical (unpaired) electrons. The van der Waals surface area contributed by atoms with Crippen LogP contribution in [-0.2, 0) is 6.18 Å². The van der Waals surface area contributed by atoms with Crippen molar-refractivity contribution in [1.29, 1.82) is 0 Å². The highest BCUT2D eigenvalue weighted by Gasteiger charge is 2.30. The van der Waals surface area contributed by atoms with Crippen LogP contribution in [0.4, 0.5) is 18.9 Å². The van der Waals surface area contributed by atoms with Gasteiger partial charge in [0.05, 0.1) is 5.56 Å². The Balaban J connectivity index is 2.84. The van der Waals surface area contributed by atoms with Crippen molar-refractivity contribution in [2.24, 2.45) is 5.73 Å². The second-order valence-electron chi connectivity index (χ2n) is 3.30. The second kappa shape index (κ2) is 4.92. The van der Waals surface area contributed by atoms with Gasteiger partial charge in [0, 0.05) is 17.6 Å². The Hall–Kier alpha value is -1.65. The zero-order chi connectivity index (χ0) is 12.2. The van der Waals surface area contributed by atoms with Crippen LogP contribution in [0, 0.1) is 0 Å². The van der Waals surface area contributed by atoms with Crippen LogP contribution in [0.15, 0.2) is 36.2 Å². The third-order valence-corrected chi connectivity index (χ3v) is 2.02. The molecule has 1 rings (SSSR count). The summed E-state index contributed by atoms with van der Waals surface area (Å²) in [6.45, 7) is 1.86. The first kappa shape index (κ1) is 12.4. The average molecular weight is 230 g/mol. The van der Waals surface area contributed by atoms with Crippen LogP contribution in [-0.4, -0.2) is 0 Å². The minimum absolute atomic E-state index is 0.367. The number of anilines is 1. The third kappa shape index (κ3) is 3.49. The number of halogens is 3. The number of allylic oxidation sites excluding steroid dienone is 1. The number of alkyl halides is 3. The molecular weight excluding hydrogens is 217 g/mol. The summed E-state index contributed by atoms with van der Waals surface area (Å²) in [7, 11) is 0. The van der Waals surface area contributed by atoms with Gasteiger partial charge < -0.3 is 11.1 Å². The average Bonchev–Trinajstić information content (AvgIpc) is 2.25. The highest BCUT2D eigenvalue weighted by Crippen LogP contribution is 2.30. The Morgan fingerprint density at radius 2 is 2.12 bits per heavy atom. The van der Waals surface area contributed by atoms with E-state index in [0.717, 1.165) is 12.1 Å². The van der Waals surface area contributed by atoms with Crippen molar-refractivity contribution in [1.82, 2.24) is 0 Å². The first-order valence-corrected chi connectivity index (χ1v) is 4.81. The van der Waals surface area contributed by atoms with Crippen molar-refractivity contribution in [2.45, 2.75) is 19.5 Å². The van der Waals surface area contributed by atoms with E-state index in [1.807, 2.05) is 6.92 Å². The molecule has 0 saturated heterocycles. The van der Waals surface area contributed by atoms with Crippen LogP contribution >= 0.6 is 0 Å². The van der Waals surface area contributed by atoms with Crippen LogP contribution in [0.3, 0.4) is 0 Å². The first-order valence-electron chi connectivity index (χ1n) is 4.81. The van der Waals surface area contributed by atoms with Crippen molar-refractivity contribution < 1.29 is 13.2 Å². The summed E-state index contributed by atoms with van der Waals surface area (Å²) >= 11 is 0. The Morgan fingerprint density at radius 3 is 2.69 bits per heavy atom. The fourth-order valence-electron chi connectivity index (χ4n) is 1.06. The number of hydrogen-bond acceptors (Lipinski definition) is 2. The monoisotopic (exact) mass is 230 g/mol. The number of rotatable bonds is 3. The molecule has 0 fully saturated rings. The standard InChI is InChI=1S/C11H13F3N2/c1-2-9(15)7-16-10-5-3-4-8(6-10)11(12,13)14/h3-7,16H,2,15H2,1H3/b9-7-. The fraction of sp³-hybridized carbons (Fsp3) is 0.273. The van der Waals surface area contributed by atoms with Gasteiger partial charge in [-0.3, -0.25) is 0 Å². The maximum atomic E-state index is 12.4. The summed E-state index contributed by atoms with van der Waals surface area (Å²) in [5, 5.41) is 2.72. The summed E-state index contributed by atoms with van der Waals surface area (Å²) in [4.78, 5) is 0. The van der Waals surface area contributed by atoms with Gasteiger partial charge in [-0.2, -0.15) is 13.2 Å². The SMILES string of the molecule is CC/C(N)=C/Nc1cccc(C(F)(F)F)c1. The van der Waals surface area contributed by atoms with Crippen molar-refractivity contribution >= 4 is 5.69 Å². The van der Waals surface area contributed by atoms with Crippen molar-refractivity contribution in [3.8, 4) is 0 Å². The van der Waals surface area contributed by atoms with Crippen LogP contribution in [0.2, 0.25) is 0 Å². The zero-order valence-electron chi connectivity index (χ0n) is 8.81. The Morgan fingerprint density at radius 1 is 1.44 bits per heavy atom. The van der Waals surface area contributed by atoms with E-state index in [1.54, 1.807) is 6.07 Å². The summed E-state index contributed by atoms with van der Waals surface area (Å²) < 4.78 is 37.1. The van der Waals surface area contributed by atoms with E-state index in [2.05, 4.69) is 5.32 Å². The van der Waals surface area contributed by atoms with E-state index < -0.39 is 11.7 Å². The van der Waals surface area contributed by atoms with Gasteiger partial charge in [0.1, 0.15) is 0 Å². The molecule has 0 spiro atoms. The van der Waals surface area contributed by atoms with Crippen molar-refractivity contribution in [3.63, 3.8) is 0 Å². The second-order valence-corrected chi connectivity index (χ2v) is 3.30. The molecule has 0 amide bonds. The van der Waals surface area contributed by atoms with Crippen LogP contribution in [0.1, 0.15) is 18.9 Å². The largest absolute Gasteiger partial charge is 0.416 e. The van der Waals surface area contributed by atoms with Gasteiger partial charge in [0.2, 0.25) is 0 Å². The van der Waals surface area contributed by atoms with Gasteiger partial charge in [-0.1, -0.05) is 13.0 Å². The van der Waals surface area contributed by atoms with Crippen molar-refractivity contribution in [3.05, 3.63) is 41.7 Å². The molecule has 0 unspecified atom stereocenters. The van der Waals surface area contributed by atoms with Crippen LogP contribution < -0.4 is 11.1 Å². The lowest BCUT2D eigenvalue weighted by Gasteiger charge is -2.08. The first-order chi connectivity index (χ1) is 7.43. The molecule has 5 heteroatoms. The highest BCUT2D eigenvalue weighted by atomic mass is 19.4. The summed E-state index contributed by atoms with van der Waals surface area (Å²) in [5.41, 5.74) is 5.79. The molecule has 0 aliphatic rings. The summed E-state index contributed by atoms with van der Waals surface area (Å²) in [6.07, 6.45) is -2.18.